The summed E-state index contributed by atoms with van der Waals surface area (Å²) in [6.07, 6.45) is 2.81. The molecule has 1 saturated carbocycles. The Morgan fingerprint density at radius 2 is 1.92 bits per heavy atom. The molecule has 64 valence electrons. The van der Waals surface area contributed by atoms with Crippen LogP contribution in [0.2, 0.25) is 0 Å². The van der Waals surface area contributed by atoms with Crippen molar-refractivity contribution in [1.29, 1.82) is 0 Å². The first kappa shape index (κ1) is 8.11. The maximum absolute atomic E-state index is 3.41. The summed E-state index contributed by atoms with van der Waals surface area (Å²) in [6.45, 7) is 1.14. The highest BCUT2D eigenvalue weighted by Crippen LogP contribution is 2.29. The molecule has 0 bridgehead atoms. The van der Waals surface area contributed by atoms with Gasteiger partial charge in [-0.2, -0.15) is 0 Å². The molecule has 0 saturated heterocycles. The Balaban J connectivity index is 1.89. The highest BCUT2D eigenvalue weighted by molar-refractivity contribution is 9.10. The van der Waals surface area contributed by atoms with E-state index in [4.69, 9.17) is 0 Å². The summed E-state index contributed by atoms with van der Waals surface area (Å²) < 4.78 is 1.14. The Bertz CT molecular complexity index is 251. The number of hydrogen-bond donors (Lipinski definition) is 1. The lowest BCUT2D eigenvalue weighted by Crippen LogP contribution is -2.02. The third kappa shape index (κ3) is 2.24. The lowest BCUT2D eigenvalue weighted by atomic mass is 10.3. The summed E-state index contributed by atoms with van der Waals surface area (Å²) in [5.41, 5.74) is 1.23. The molecule has 2 rings (SSSR count). The lowest BCUT2D eigenvalue weighted by molar-refractivity contribution is 0.889. The van der Waals surface area contributed by atoms with Crippen molar-refractivity contribution < 1.29 is 0 Å². The molecule has 1 aliphatic carbocycles. The second kappa shape index (κ2) is 3.48. The third-order valence-corrected chi connectivity index (χ3v) is 2.66. The Morgan fingerprint density at radius 1 is 1.25 bits per heavy atom. The highest BCUT2D eigenvalue weighted by Gasteiger charge is 2.20. The van der Waals surface area contributed by atoms with E-state index < -0.39 is 0 Å². The van der Waals surface area contributed by atoms with Crippen molar-refractivity contribution in [2.24, 2.45) is 5.92 Å². The zero-order valence-corrected chi connectivity index (χ0v) is 8.47. The summed E-state index contributed by atoms with van der Waals surface area (Å²) in [5, 5.41) is 3.41. The average Bonchev–Trinajstić information content (AvgIpc) is 2.87. The molecule has 0 spiro atoms. The van der Waals surface area contributed by atoms with Gasteiger partial charge in [0.05, 0.1) is 0 Å². The zero-order valence-electron chi connectivity index (χ0n) is 6.89. The van der Waals surface area contributed by atoms with Crippen molar-refractivity contribution in [3.8, 4) is 0 Å². The van der Waals surface area contributed by atoms with Crippen LogP contribution in [0.5, 0.6) is 0 Å². The van der Waals surface area contributed by atoms with Gasteiger partial charge in [-0.05, 0) is 43.0 Å². The number of anilines is 1. The first-order valence-electron chi connectivity index (χ1n) is 4.34. The molecule has 2 heteroatoms. The molecule has 1 fully saturated rings. The van der Waals surface area contributed by atoms with Gasteiger partial charge in [0.15, 0.2) is 0 Å². The number of benzene rings is 1. The van der Waals surface area contributed by atoms with Crippen molar-refractivity contribution in [2.45, 2.75) is 12.8 Å². The van der Waals surface area contributed by atoms with Gasteiger partial charge in [-0.15, -0.1) is 0 Å². The van der Waals surface area contributed by atoms with Crippen LogP contribution in [0.3, 0.4) is 0 Å². The standard InChI is InChI=1S/C10H12BrN/c11-9-3-5-10(6-4-9)12-7-8-1-2-8/h3-6,8,12H,1-2,7H2. The first-order chi connectivity index (χ1) is 5.84. The Morgan fingerprint density at radius 3 is 2.50 bits per heavy atom. The fourth-order valence-corrected chi connectivity index (χ4v) is 1.42. The number of rotatable bonds is 3. The fourth-order valence-electron chi connectivity index (χ4n) is 1.15. The van der Waals surface area contributed by atoms with E-state index in [2.05, 4.69) is 45.5 Å². The predicted molar refractivity (Wildman–Crippen MR) is 55.4 cm³/mol. The lowest BCUT2D eigenvalue weighted by Gasteiger charge is -2.04. The van der Waals surface area contributed by atoms with E-state index in [0.29, 0.717) is 0 Å². The van der Waals surface area contributed by atoms with Gasteiger partial charge in [-0.25, -0.2) is 0 Å². The maximum atomic E-state index is 3.41. The van der Waals surface area contributed by atoms with Crippen LogP contribution in [0.4, 0.5) is 5.69 Å². The van der Waals surface area contributed by atoms with Crippen molar-refractivity contribution in [1.82, 2.24) is 0 Å². The van der Waals surface area contributed by atoms with E-state index in [1.807, 2.05) is 0 Å². The minimum atomic E-state index is 0.939. The Kier molecular flexibility index (Phi) is 2.35. The van der Waals surface area contributed by atoms with E-state index >= 15 is 0 Å². The van der Waals surface area contributed by atoms with Crippen LogP contribution in [-0.4, -0.2) is 6.54 Å². The molecule has 0 radical (unpaired) electrons. The minimum Gasteiger partial charge on any atom is -0.385 e. The number of hydrogen-bond acceptors (Lipinski definition) is 1. The maximum Gasteiger partial charge on any atom is 0.0341 e. The molecule has 1 aromatic carbocycles. The van der Waals surface area contributed by atoms with Crippen LogP contribution < -0.4 is 5.32 Å². The van der Waals surface area contributed by atoms with Crippen molar-refractivity contribution >= 4 is 21.6 Å². The van der Waals surface area contributed by atoms with Crippen LogP contribution in [0, 0.1) is 5.92 Å². The van der Waals surface area contributed by atoms with Crippen molar-refractivity contribution in [3.63, 3.8) is 0 Å². The molecule has 0 amide bonds. The van der Waals surface area contributed by atoms with Gasteiger partial charge < -0.3 is 5.32 Å². The van der Waals surface area contributed by atoms with E-state index in [0.717, 1.165) is 16.9 Å². The molecule has 12 heavy (non-hydrogen) atoms. The van der Waals surface area contributed by atoms with Gasteiger partial charge in [0, 0.05) is 16.7 Å². The smallest absolute Gasteiger partial charge is 0.0341 e. The second-order valence-corrected chi connectivity index (χ2v) is 4.25. The topological polar surface area (TPSA) is 12.0 Å². The van der Waals surface area contributed by atoms with Crippen LogP contribution in [0.15, 0.2) is 28.7 Å². The van der Waals surface area contributed by atoms with Gasteiger partial charge in [0.1, 0.15) is 0 Å². The largest absolute Gasteiger partial charge is 0.385 e. The predicted octanol–water partition coefficient (Wildman–Crippen LogP) is 3.27. The molecule has 0 atom stereocenters. The second-order valence-electron chi connectivity index (χ2n) is 3.33. The number of halogens is 1. The molecule has 0 unspecified atom stereocenters. The minimum absolute atomic E-state index is 0.939. The molecular formula is C10H12BrN. The summed E-state index contributed by atoms with van der Waals surface area (Å²) in [6, 6.07) is 8.34. The summed E-state index contributed by atoms with van der Waals surface area (Å²) in [5.74, 6) is 0.939. The van der Waals surface area contributed by atoms with E-state index in [1.54, 1.807) is 0 Å². The first-order valence-corrected chi connectivity index (χ1v) is 5.13. The van der Waals surface area contributed by atoms with Crippen LogP contribution in [-0.2, 0) is 0 Å². The Hall–Kier alpha value is -0.500. The molecule has 1 N–H and O–H groups in total. The van der Waals surface area contributed by atoms with E-state index in [-0.39, 0.29) is 0 Å². The quantitative estimate of drug-likeness (QED) is 0.833. The average molecular weight is 226 g/mol. The van der Waals surface area contributed by atoms with Crippen LogP contribution in [0.1, 0.15) is 12.8 Å². The van der Waals surface area contributed by atoms with Gasteiger partial charge >= 0.3 is 0 Å². The molecule has 1 aromatic rings. The molecule has 1 aliphatic rings. The summed E-state index contributed by atoms with van der Waals surface area (Å²) in [4.78, 5) is 0. The summed E-state index contributed by atoms with van der Waals surface area (Å²) >= 11 is 3.41. The van der Waals surface area contributed by atoms with Gasteiger partial charge in [0.25, 0.3) is 0 Å². The fraction of sp³-hybridized carbons (Fsp3) is 0.400. The molecule has 0 aromatic heterocycles. The zero-order chi connectivity index (χ0) is 8.39. The van der Waals surface area contributed by atoms with Crippen molar-refractivity contribution in [3.05, 3.63) is 28.7 Å². The molecular weight excluding hydrogens is 214 g/mol. The van der Waals surface area contributed by atoms with Gasteiger partial charge in [0.2, 0.25) is 0 Å². The number of nitrogens with one attached hydrogen (secondary N) is 1. The SMILES string of the molecule is Brc1ccc(NCC2CC2)cc1. The third-order valence-electron chi connectivity index (χ3n) is 2.14. The molecule has 1 nitrogen and oxygen atoms in total. The molecule has 0 heterocycles. The summed E-state index contributed by atoms with van der Waals surface area (Å²) in [7, 11) is 0. The van der Waals surface area contributed by atoms with Crippen LogP contribution in [0.25, 0.3) is 0 Å². The van der Waals surface area contributed by atoms with Crippen LogP contribution >= 0.6 is 15.9 Å². The molecule has 0 aliphatic heterocycles. The monoisotopic (exact) mass is 225 g/mol. The normalized spacial score (nSPS) is 16.1. The van der Waals surface area contributed by atoms with E-state index in [1.165, 1.54) is 18.5 Å². The Labute approximate surface area is 81.3 Å². The van der Waals surface area contributed by atoms with Gasteiger partial charge in [-0.1, -0.05) is 15.9 Å². The van der Waals surface area contributed by atoms with E-state index in [9.17, 15) is 0 Å². The van der Waals surface area contributed by atoms with Gasteiger partial charge in [-0.3, -0.25) is 0 Å². The van der Waals surface area contributed by atoms with Crippen molar-refractivity contribution in [2.75, 3.05) is 11.9 Å². The highest BCUT2D eigenvalue weighted by atomic mass is 79.9.